The van der Waals surface area contributed by atoms with Crippen molar-refractivity contribution in [2.24, 2.45) is 7.05 Å². The lowest BCUT2D eigenvalue weighted by atomic mass is 10.00. The number of pyridine rings is 1. The van der Waals surface area contributed by atoms with Crippen LogP contribution in [0.5, 0.6) is 0 Å². The number of benzene rings is 2. The molecule has 0 bridgehead atoms. The molecule has 6 rings (SSSR count). The molecule has 0 aliphatic heterocycles. The average Bonchev–Trinajstić information content (AvgIpc) is 3.71. The zero-order valence-corrected chi connectivity index (χ0v) is 22.7. The van der Waals surface area contributed by atoms with E-state index in [1.54, 1.807) is 65.3 Å². The van der Waals surface area contributed by atoms with Gasteiger partial charge in [0, 0.05) is 31.3 Å². The molecule has 4 heterocycles. The van der Waals surface area contributed by atoms with Crippen molar-refractivity contribution < 1.29 is 13.5 Å². The van der Waals surface area contributed by atoms with Crippen LogP contribution in [0.3, 0.4) is 0 Å². The summed E-state index contributed by atoms with van der Waals surface area (Å²) in [5.41, 5.74) is 3.19. The summed E-state index contributed by atoms with van der Waals surface area (Å²) in [6.45, 7) is 0. The van der Waals surface area contributed by atoms with Gasteiger partial charge in [-0.05, 0) is 35.9 Å². The molecule has 206 valence electrons. The topological polar surface area (TPSA) is 106 Å². The maximum absolute atomic E-state index is 15.4. The maximum atomic E-state index is 15.4. The van der Waals surface area contributed by atoms with Crippen LogP contribution in [0.1, 0.15) is 17.3 Å². The summed E-state index contributed by atoms with van der Waals surface area (Å²) in [7, 11) is 1.76. The molecule has 0 N–H and O–H groups in total. The number of halogens is 4. The average molecular weight is 594 g/mol. The summed E-state index contributed by atoms with van der Waals surface area (Å²) in [6.07, 6.45) is 8.04. The van der Waals surface area contributed by atoms with Gasteiger partial charge in [-0.1, -0.05) is 45.8 Å². The Kier molecular flexibility index (Phi) is 6.93. The van der Waals surface area contributed by atoms with E-state index >= 15 is 4.39 Å². The minimum atomic E-state index is -0.729. The molecule has 41 heavy (non-hydrogen) atoms. The molecule has 0 radical (unpaired) electrons. The summed E-state index contributed by atoms with van der Waals surface area (Å²) in [4.78, 5) is 0. The predicted molar refractivity (Wildman–Crippen MR) is 146 cm³/mol. The van der Waals surface area contributed by atoms with Crippen LogP contribution >= 0.6 is 23.2 Å². The van der Waals surface area contributed by atoms with E-state index in [0.717, 1.165) is 16.8 Å². The van der Waals surface area contributed by atoms with Crippen LogP contribution in [0.25, 0.3) is 28.1 Å². The van der Waals surface area contributed by atoms with Crippen LogP contribution in [0.4, 0.5) is 8.78 Å². The molecule has 0 saturated heterocycles. The monoisotopic (exact) mass is 593 g/mol. The number of hydrogen-bond donors (Lipinski definition) is 0. The minimum Gasteiger partial charge on any atom is -0.618 e. The van der Waals surface area contributed by atoms with Crippen molar-refractivity contribution in [2.75, 3.05) is 0 Å². The smallest absolute Gasteiger partial charge is 0.217 e. The highest BCUT2D eigenvalue weighted by Crippen LogP contribution is 2.34. The zero-order chi connectivity index (χ0) is 28.7. The molecule has 0 spiro atoms. The van der Waals surface area contributed by atoms with Crippen LogP contribution in [0.15, 0.2) is 79.5 Å². The second-order valence-electron chi connectivity index (χ2n) is 9.21. The molecule has 0 saturated carbocycles. The van der Waals surface area contributed by atoms with Crippen LogP contribution in [0, 0.1) is 16.8 Å². The Bertz CT molecular complexity index is 1870. The van der Waals surface area contributed by atoms with Crippen LogP contribution in [0.2, 0.25) is 10.2 Å². The second kappa shape index (κ2) is 10.7. The minimum absolute atomic E-state index is 0.0513. The molecule has 6 aromatic rings. The lowest BCUT2D eigenvalue weighted by molar-refractivity contribution is -0.615. The molecular weight excluding hydrogens is 575 g/mol. The van der Waals surface area contributed by atoms with Crippen molar-refractivity contribution in [3.8, 4) is 28.1 Å². The third-order valence-corrected chi connectivity index (χ3v) is 7.10. The fraction of sp³-hybridized carbons (Fsp3) is 0.111. The maximum Gasteiger partial charge on any atom is 0.217 e. The highest BCUT2D eigenvalue weighted by atomic mass is 35.5. The van der Waals surface area contributed by atoms with E-state index in [0.29, 0.717) is 22.5 Å². The Balaban J connectivity index is 1.44. The first-order chi connectivity index (χ1) is 19.8. The fourth-order valence-corrected chi connectivity index (χ4v) is 4.92. The molecule has 1 atom stereocenters. The van der Waals surface area contributed by atoms with Gasteiger partial charge in [0.2, 0.25) is 5.69 Å². The summed E-state index contributed by atoms with van der Waals surface area (Å²) >= 11 is 12.0. The molecular formula is C27H19Cl2F2N9O. The second-order valence-corrected chi connectivity index (χ2v) is 10.0. The van der Waals surface area contributed by atoms with E-state index in [2.05, 4.69) is 25.7 Å². The van der Waals surface area contributed by atoms with E-state index in [1.165, 1.54) is 35.3 Å². The molecule has 0 aliphatic rings. The van der Waals surface area contributed by atoms with E-state index in [9.17, 15) is 9.60 Å². The van der Waals surface area contributed by atoms with Gasteiger partial charge >= 0.3 is 0 Å². The predicted octanol–water partition coefficient (Wildman–Crippen LogP) is 4.98. The van der Waals surface area contributed by atoms with Crippen molar-refractivity contribution >= 4 is 23.2 Å². The molecule has 10 nitrogen and oxygen atoms in total. The van der Waals surface area contributed by atoms with Gasteiger partial charge in [-0.3, -0.25) is 4.68 Å². The largest absolute Gasteiger partial charge is 0.618 e. The van der Waals surface area contributed by atoms with Gasteiger partial charge in [0.1, 0.15) is 11.9 Å². The van der Waals surface area contributed by atoms with Gasteiger partial charge in [0.15, 0.2) is 17.2 Å². The Hall–Kier alpha value is -4.68. The Morgan fingerprint density at radius 2 is 1.76 bits per heavy atom. The van der Waals surface area contributed by atoms with Gasteiger partial charge in [-0.15, -0.1) is 10.2 Å². The highest BCUT2D eigenvalue weighted by Gasteiger charge is 2.26. The molecule has 0 aliphatic carbocycles. The Morgan fingerprint density at radius 3 is 2.44 bits per heavy atom. The van der Waals surface area contributed by atoms with Crippen molar-refractivity contribution in [3.63, 3.8) is 0 Å². The van der Waals surface area contributed by atoms with Gasteiger partial charge in [0.25, 0.3) is 0 Å². The number of nitrogens with zero attached hydrogens (tertiary/aromatic N) is 9. The van der Waals surface area contributed by atoms with E-state index in [-0.39, 0.29) is 27.1 Å². The first kappa shape index (κ1) is 26.5. The van der Waals surface area contributed by atoms with E-state index in [4.69, 9.17) is 23.2 Å². The summed E-state index contributed by atoms with van der Waals surface area (Å²) in [6, 6.07) is 11.6. The quantitative estimate of drug-likeness (QED) is 0.191. The Morgan fingerprint density at radius 1 is 0.951 bits per heavy atom. The van der Waals surface area contributed by atoms with Gasteiger partial charge in [0.05, 0.1) is 46.1 Å². The Labute approximate surface area is 241 Å². The lowest BCUT2D eigenvalue weighted by Crippen LogP contribution is -2.36. The first-order valence-electron chi connectivity index (χ1n) is 12.2. The van der Waals surface area contributed by atoms with Crippen LogP contribution in [-0.2, 0) is 13.5 Å². The molecule has 0 fully saturated rings. The van der Waals surface area contributed by atoms with Crippen molar-refractivity contribution in [2.45, 2.75) is 12.5 Å². The first-order valence-corrected chi connectivity index (χ1v) is 13.0. The van der Waals surface area contributed by atoms with Crippen molar-refractivity contribution in [1.82, 2.24) is 39.8 Å². The molecule has 2 aromatic carbocycles. The van der Waals surface area contributed by atoms with Crippen molar-refractivity contribution in [3.05, 3.63) is 118 Å². The SMILES string of the molecule is Cn1nncc1-c1cnn([C@H](Cc2ccc(F)cc2)c2ccc(-c3c(-n4cc(Cl)nn4)ccc(Cl)c3F)c[n+]2[O-])c1. The van der Waals surface area contributed by atoms with Gasteiger partial charge < -0.3 is 5.21 Å². The van der Waals surface area contributed by atoms with E-state index < -0.39 is 11.9 Å². The van der Waals surface area contributed by atoms with Crippen LogP contribution < -0.4 is 4.73 Å². The summed E-state index contributed by atoms with van der Waals surface area (Å²) < 4.78 is 34.2. The standard InChI is InChI=1S/C27H19Cl2F2N9O/c1-37-24(12-32-35-37)18-11-33-38(13-18)23(10-16-2-5-19(30)6-3-16)21-8-4-17(14-40(21)41)26-22(9-7-20(28)27(26)31)39-15-25(29)34-36-39/h2-9,11-15,23H,10H2,1H3/t23-/m1/s1. The number of aryl methyl sites for hydroxylation is 1. The summed E-state index contributed by atoms with van der Waals surface area (Å²) in [5, 5.41) is 33.6. The third kappa shape index (κ3) is 5.14. The normalized spacial score (nSPS) is 12.1. The third-order valence-electron chi connectivity index (χ3n) is 6.63. The van der Waals surface area contributed by atoms with Gasteiger partial charge in [-0.25, -0.2) is 18.1 Å². The van der Waals surface area contributed by atoms with Crippen LogP contribution in [-0.4, -0.2) is 39.8 Å². The van der Waals surface area contributed by atoms with E-state index in [1.807, 2.05) is 0 Å². The number of hydrogen-bond acceptors (Lipinski definition) is 6. The van der Waals surface area contributed by atoms with Gasteiger partial charge in [-0.2, -0.15) is 9.83 Å². The molecule has 4 aromatic heterocycles. The molecule has 0 amide bonds. The molecule has 0 unspecified atom stereocenters. The summed E-state index contributed by atoms with van der Waals surface area (Å²) in [5.74, 6) is -1.10. The fourth-order valence-electron chi connectivity index (χ4n) is 4.63. The zero-order valence-electron chi connectivity index (χ0n) is 21.2. The molecule has 14 heteroatoms. The number of aromatic nitrogens is 9. The highest BCUT2D eigenvalue weighted by molar-refractivity contribution is 6.31. The lowest BCUT2D eigenvalue weighted by Gasteiger charge is -2.18. The van der Waals surface area contributed by atoms with Crippen molar-refractivity contribution in [1.29, 1.82) is 0 Å². The number of rotatable bonds is 7.